The van der Waals surface area contributed by atoms with E-state index in [0.717, 1.165) is 0 Å². The van der Waals surface area contributed by atoms with Crippen LogP contribution in [-0.2, 0) is 20.8 Å². The highest BCUT2D eigenvalue weighted by Crippen LogP contribution is 2.36. The maximum absolute atomic E-state index is 15.3. The average Bonchev–Trinajstić information content (AvgIpc) is 3.21. The fourth-order valence-corrected chi connectivity index (χ4v) is 6.06. The van der Waals surface area contributed by atoms with Gasteiger partial charge in [-0.25, -0.2) is 4.39 Å². The molecule has 1 fully saturated rings. The molecule has 1 aliphatic heterocycles. The van der Waals surface area contributed by atoms with Gasteiger partial charge in [-0.1, -0.05) is 29.3 Å². The van der Waals surface area contributed by atoms with Gasteiger partial charge < -0.3 is 15.4 Å². The molecule has 202 valence electrons. The lowest BCUT2D eigenvalue weighted by atomic mass is 10.1. The lowest BCUT2D eigenvalue weighted by Gasteiger charge is -2.14. The minimum atomic E-state index is -1.16. The van der Waals surface area contributed by atoms with E-state index in [0.29, 0.717) is 0 Å². The Morgan fingerprint density at radius 3 is 2.59 bits per heavy atom. The van der Waals surface area contributed by atoms with E-state index in [2.05, 4.69) is 26.6 Å². The molecule has 2 amide bonds. The van der Waals surface area contributed by atoms with Crippen molar-refractivity contribution in [2.24, 2.45) is 0 Å². The number of hydrogen-bond donors (Lipinski definition) is 2. The van der Waals surface area contributed by atoms with Gasteiger partial charge in [0.15, 0.2) is 28.5 Å². The van der Waals surface area contributed by atoms with Gasteiger partial charge in [0.1, 0.15) is 5.75 Å². The number of nitrogens with one attached hydrogen (secondary N) is 2. The van der Waals surface area contributed by atoms with E-state index in [1.54, 1.807) is 0 Å². The quantitative estimate of drug-likeness (QED) is 0.359. The highest BCUT2D eigenvalue weighted by molar-refractivity contribution is 9.10. The number of halogens is 4. The molecule has 1 heterocycles. The number of nitriles is 1. The smallest absolute Gasteiger partial charge is 0.252 e. The number of carbonyl (C=O) groups excluding carboxylic acids is 4. The van der Waals surface area contributed by atoms with E-state index in [1.165, 1.54) is 48.5 Å². The van der Waals surface area contributed by atoms with Gasteiger partial charge in [-0.3, -0.25) is 30.9 Å². The predicted octanol–water partition coefficient (Wildman–Crippen LogP) is 4.61. The van der Waals surface area contributed by atoms with Gasteiger partial charge in [-0.2, -0.15) is 5.26 Å². The minimum Gasteiger partial charge on any atom is -0.453 e. The van der Waals surface area contributed by atoms with Crippen molar-refractivity contribution in [1.29, 1.82) is 5.26 Å². The van der Waals surface area contributed by atoms with E-state index in [1.807, 2.05) is 6.07 Å². The number of amides is 2. The number of nitrogens with zero attached hydrogens (tertiary/aromatic N) is 1. The van der Waals surface area contributed by atoms with Crippen molar-refractivity contribution in [2.45, 2.75) is 12.5 Å². The first-order valence-corrected chi connectivity index (χ1v) is 14.6. The van der Waals surface area contributed by atoms with Crippen LogP contribution in [0.15, 0.2) is 53.0 Å². The van der Waals surface area contributed by atoms with Crippen LogP contribution in [0.2, 0.25) is 10.0 Å². The normalized spacial score (nSPS) is 14.8. The molecule has 4 rings (SSSR count). The Kier molecular flexibility index (Phi) is 8.92. The number of ether oxygens (including phenoxy) is 1. The summed E-state index contributed by atoms with van der Waals surface area (Å²) in [6, 6.07) is 12.1. The van der Waals surface area contributed by atoms with Gasteiger partial charge in [0.05, 0.1) is 33.2 Å². The molecule has 1 atom stereocenters. The van der Waals surface area contributed by atoms with Crippen LogP contribution in [0.1, 0.15) is 21.5 Å². The molecule has 8 nitrogen and oxygen atoms in total. The van der Waals surface area contributed by atoms with E-state index in [-0.39, 0.29) is 71.5 Å². The Morgan fingerprint density at radius 2 is 1.92 bits per heavy atom. The van der Waals surface area contributed by atoms with Crippen LogP contribution in [0.5, 0.6) is 11.5 Å². The number of Topliss-reactive ketones (excluding diaryl/α,β-unsaturated/α-hetero) is 1. The Hall–Kier alpha value is -3.43. The summed E-state index contributed by atoms with van der Waals surface area (Å²) >= 11 is 14.3. The van der Waals surface area contributed by atoms with Crippen molar-refractivity contribution in [3.8, 4) is 17.6 Å². The predicted molar refractivity (Wildman–Crippen MR) is 153 cm³/mol. The summed E-state index contributed by atoms with van der Waals surface area (Å²) in [4.78, 5) is 48.8. The molecule has 0 aromatic heterocycles. The summed E-state index contributed by atoms with van der Waals surface area (Å²) < 4.78 is 21.2. The van der Waals surface area contributed by atoms with Crippen molar-refractivity contribution in [2.75, 3.05) is 11.1 Å². The molecule has 2 N–H and O–H groups in total. The van der Waals surface area contributed by atoms with Crippen molar-refractivity contribution < 1.29 is 28.3 Å². The third kappa shape index (κ3) is 6.78. The molecule has 0 aliphatic carbocycles. The first-order valence-electron chi connectivity index (χ1n) is 11.4. The van der Waals surface area contributed by atoms with Crippen LogP contribution in [0, 0.1) is 17.1 Å². The van der Waals surface area contributed by atoms with Crippen LogP contribution in [0.3, 0.4) is 0 Å². The Bertz CT molecular complexity index is 1560. The average molecular weight is 655 g/mol. The highest BCUT2D eigenvalue weighted by atomic mass is 79.9. The molecule has 0 radical (unpaired) electrons. The monoisotopic (exact) mass is 653 g/mol. The Morgan fingerprint density at radius 1 is 1.15 bits per heavy atom. The topological polar surface area (TPSA) is 125 Å². The molecule has 1 unspecified atom stereocenters. The largest absolute Gasteiger partial charge is 0.453 e. The van der Waals surface area contributed by atoms with Crippen LogP contribution >= 0.6 is 50.9 Å². The van der Waals surface area contributed by atoms with E-state index in [9.17, 15) is 19.2 Å². The zero-order valence-corrected chi connectivity index (χ0v) is 24.3. The Balaban J connectivity index is 1.45. The van der Waals surface area contributed by atoms with Crippen LogP contribution in [0.25, 0.3) is 0 Å². The molecular formula is C26H19BrCl2FN3O5S. The van der Waals surface area contributed by atoms with Gasteiger partial charge in [0.25, 0.3) is 5.91 Å². The van der Waals surface area contributed by atoms with Gasteiger partial charge in [-0.15, -0.1) is 0 Å². The fourth-order valence-electron chi connectivity index (χ4n) is 3.82. The highest BCUT2D eigenvalue weighted by Gasteiger charge is 2.32. The maximum Gasteiger partial charge on any atom is 0.252 e. The lowest BCUT2D eigenvalue weighted by molar-refractivity contribution is -0.122. The number of carbonyl (C=O) groups is 4. The summed E-state index contributed by atoms with van der Waals surface area (Å²) in [5.41, 5.74) is 0.533. The van der Waals surface area contributed by atoms with Crippen molar-refractivity contribution >= 4 is 79.3 Å². The van der Waals surface area contributed by atoms with Gasteiger partial charge in [0.2, 0.25) is 5.91 Å². The van der Waals surface area contributed by atoms with Crippen LogP contribution in [0.4, 0.5) is 10.1 Å². The third-order valence-electron chi connectivity index (χ3n) is 5.74. The van der Waals surface area contributed by atoms with E-state index < -0.39 is 35.4 Å². The second-order valence-corrected chi connectivity index (χ2v) is 11.9. The molecule has 39 heavy (non-hydrogen) atoms. The molecule has 0 spiro atoms. The standard InChI is InChI=1S/C26H19BrCl2FN3O5S/c27-17-3-1-13(22(30)24(17)38-16-6-12(10-31)5-15(28)9-16)8-21(35)32-19-4-2-14(7-18(19)29)25(36)33-23-20(34)11-39-26(23)37/h1-7,9,23H,8,11H2,39H4,(H,32,35)(H,33,36). The molecule has 1 aliphatic rings. The van der Waals surface area contributed by atoms with Crippen LogP contribution in [-0.4, -0.2) is 34.5 Å². The SMILES string of the molecule is N#Cc1cc(Cl)cc(Oc2c(Br)ccc(CC(=O)Nc3ccc(C(=O)NC4C(=O)C[SH4]C4=O)cc3Cl)c2F)c1. The molecule has 3 aromatic carbocycles. The number of benzene rings is 3. The number of hydrogen-bond acceptors (Lipinski definition) is 6. The summed E-state index contributed by atoms with van der Waals surface area (Å²) in [6.07, 6.45) is -0.372. The molecule has 0 saturated carbocycles. The van der Waals surface area contributed by atoms with Gasteiger partial charge >= 0.3 is 0 Å². The molecular weight excluding hydrogens is 636 g/mol. The molecule has 1 saturated heterocycles. The molecule has 13 heteroatoms. The number of ketones is 1. The molecule has 0 bridgehead atoms. The number of rotatable bonds is 7. The van der Waals surface area contributed by atoms with Crippen molar-refractivity contribution in [3.05, 3.63) is 85.6 Å². The Labute approximate surface area is 243 Å². The van der Waals surface area contributed by atoms with Crippen molar-refractivity contribution in [1.82, 2.24) is 5.32 Å². The number of anilines is 1. The van der Waals surface area contributed by atoms with Crippen molar-refractivity contribution in [3.63, 3.8) is 0 Å². The van der Waals surface area contributed by atoms with Crippen LogP contribution < -0.4 is 15.4 Å². The zero-order valence-electron chi connectivity index (χ0n) is 19.8. The first-order chi connectivity index (χ1) is 18.5. The van der Waals surface area contributed by atoms with E-state index >= 15 is 4.39 Å². The fraction of sp³-hybridized carbons (Fsp3) is 0.115. The lowest BCUT2D eigenvalue weighted by Crippen LogP contribution is -2.42. The first kappa shape index (κ1) is 28.6. The summed E-state index contributed by atoms with van der Waals surface area (Å²) in [6.45, 7) is 0. The maximum atomic E-state index is 15.3. The summed E-state index contributed by atoms with van der Waals surface area (Å²) in [5, 5.41) is 14.2. The second-order valence-electron chi connectivity index (χ2n) is 8.50. The van der Waals surface area contributed by atoms with Gasteiger partial charge in [-0.05, 0) is 58.4 Å². The second kappa shape index (κ2) is 12.2. The minimum absolute atomic E-state index is 0.0230. The van der Waals surface area contributed by atoms with E-state index in [4.69, 9.17) is 33.2 Å². The summed E-state index contributed by atoms with van der Waals surface area (Å²) in [5.74, 6) is -2.14. The third-order valence-corrected chi connectivity index (χ3v) is 8.54. The van der Waals surface area contributed by atoms with Gasteiger partial charge in [0, 0.05) is 21.9 Å². The summed E-state index contributed by atoms with van der Waals surface area (Å²) in [7, 11) is 0. The zero-order chi connectivity index (χ0) is 28.3. The molecule has 3 aromatic rings.